The van der Waals surface area contributed by atoms with E-state index in [1.807, 2.05) is 0 Å². The van der Waals surface area contributed by atoms with Gasteiger partial charge in [0.1, 0.15) is 0 Å². The van der Waals surface area contributed by atoms with Crippen molar-refractivity contribution in [2.75, 3.05) is 0 Å². The lowest BCUT2D eigenvalue weighted by atomic mass is 10.1. The smallest absolute Gasteiger partial charge is 0.307 e. The number of carboxylic acid groups (broad SMARTS) is 1. The van der Waals surface area contributed by atoms with E-state index in [9.17, 15) is 4.79 Å². The van der Waals surface area contributed by atoms with Crippen LogP contribution >= 0.6 is 12.2 Å². The van der Waals surface area contributed by atoms with Crippen molar-refractivity contribution in [3.05, 3.63) is 34.6 Å². The molecule has 0 saturated carbocycles. The standard InChI is InChI=1S/C9H8N4O2S/c14-8(15)5-6-1-3-7(4-2-6)13-9(16)10-11-12-13/h1-4H,5H2,(H,14,15)(H,10,12,16). The number of aromatic amines is 1. The molecule has 0 unspecified atom stereocenters. The fourth-order valence-electron chi connectivity index (χ4n) is 1.30. The molecule has 1 aromatic heterocycles. The lowest BCUT2D eigenvalue weighted by Gasteiger charge is -2.01. The van der Waals surface area contributed by atoms with E-state index >= 15 is 0 Å². The molecule has 0 spiro atoms. The zero-order valence-corrected chi connectivity index (χ0v) is 8.94. The summed E-state index contributed by atoms with van der Waals surface area (Å²) in [6, 6.07) is 6.97. The van der Waals surface area contributed by atoms with E-state index in [1.165, 1.54) is 4.68 Å². The van der Waals surface area contributed by atoms with Crippen LogP contribution in [0.3, 0.4) is 0 Å². The van der Waals surface area contributed by atoms with Crippen molar-refractivity contribution in [2.24, 2.45) is 0 Å². The molecule has 0 aliphatic carbocycles. The Bertz CT molecular complexity index is 557. The first-order chi connectivity index (χ1) is 7.66. The third-order valence-corrected chi connectivity index (χ3v) is 2.29. The normalized spacial score (nSPS) is 10.2. The SMILES string of the molecule is O=C(O)Cc1ccc(-n2[nH]nnc2=S)cc1. The number of rotatable bonds is 3. The largest absolute Gasteiger partial charge is 0.481 e. The van der Waals surface area contributed by atoms with Crippen LogP contribution < -0.4 is 0 Å². The molecular formula is C9H8N4O2S. The van der Waals surface area contributed by atoms with Crippen LogP contribution in [0.5, 0.6) is 0 Å². The summed E-state index contributed by atoms with van der Waals surface area (Å²) in [7, 11) is 0. The molecule has 2 aromatic rings. The average Bonchev–Trinajstić information content (AvgIpc) is 2.65. The topological polar surface area (TPSA) is 83.8 Å². The minimum atomic E-state index is -0.854. The monoisotopic (exact) mass is 236 g/mol. The van der Waals surface area contributed by atoms with Crippen molar-refractivity contribution >= 4 is 18.2 Å². The second kappa shape index (κ2) is 4.23. The van der Waals surface area contributed by atoms with Crippen molar-refractivity contribution < 1.29 is 9.90 Å². The van der Waals surface area contributed by atoms with E-state index in [-0.39, 0.29) is 6.42 Å². The van der Waals surface area contributed by atoms with Crippen LogP contribution in [-0.2, 0) is 11.2 Å². The van der Waals surface area contributed by atoms with Crippen LogP contribution in [0.15, 0.2) is 24.3 Å². The number of aliphatic carboxylic acids is 1. The van der Waals surface area contributed by atoms with E-state index in [1.54, 1.807) is 24.3 Å². The molecular weight excluding hydrogens is 228 g/mol. The van der Waals surface area contributed by atoms with E-state index in [0.29, 0.717) is 4.77 Å². The number of H-pyrrole nitrogens is 1. The fourth-order valence-corrected chi connectivity index (χ4v) is 1.49. The third-order valence-electron chi connectivity index (χ3n) is 2.02. The first-order valence-corrected chi connectivity index (χ1v) is 4.89. The highest BCUT2D eigenvalue weighted by atomic mass is 32.1. The molecule has 82 valence electrons. The van der Waals surface area contributed by atoms with Crippen molar-refractivity contribution in [2.45, 2.75) is 6.42 Å². The predicted octanol–water partition coefficient (Wildman–Crippen LogP) is 0.952. The molecule has 2 N–H and O–H groups in total. The van der Waals surface area contributed by atoms with Crippen LogP contribution in [-0.4, -0.2) is 31.3 Å². The lowest BCUT2D eigenvalue weighted by molar-refractivity contribution is -0.136. The minimum absolute atomic E-state index is 0.00685. The molecule has 0 saturated heterocycles. The maximum atomic E-state index is 10.5. The van der Waals surface area contributed by atoms with Crippen LogP contribution in [0.25, 0.3) is 5.69 Å². The number of aromatic nitrogens is 4. The van der Waals surface area contributed by atoms with Gasteiger partial charge in [0.05, 0.1) is 12.1 Å². The Morgan fingerprint density at radius 3 is 2.62 bits per heavy atom. The van der Waals surface area contributed by atoms with Crippen molar-refractivity contribution in [1.29, 1.82) is 0 Å². The highest BCUT2D eigenvalue weighted by Gasteiger charge is 2.02. The summed E-state index contributed by atoms with van der Waals surface area (Å²) in [6.07, 6.45) is 0.00685. The molecule has 1 aromatic carbocycles. The van der Waals surface area contributed by atoms with Crippen molar-refractivity contribution in [3.8, 4) is 5.69 Å². The maximum absolute atomic E-state index is 10.5. The molecule has 1 heterocycles. The molecule has 0 atom stereocenters. The van der Waals surface area contributed by atoms with Gasteiger partial charge in [-0.15, -0.1) is 0 Å². The van der Waals surface area contributed by atoms with Crippen LogP contribution in [0, 0.1) is 4.77 Å². The number of tetrazole rings is 1. The molecule has 6 nitrogen and oxygen atoms in total. The highest BCUT2D eigenvalue weighted by Crippen LogP contribution is 2.08. The molecule has 0 fully saturated rings. The number of hydrogen-bond acceptors (Lipinski definition) is 4. The fraction of sp³-hybridized carbons (Fsp3) is 0.111. The summed E-state index contributed by atoms with van der Waals surface area (Å²) in [4.78, 5) is 10.5. The van der Waals surface area contributed by atoms with Gasteiger partial charge in [0.15, 0.2) is 0 Å². The van der Waals surface area contributed by atoms with Gasteiger partial charge >= 0.3 is 5.97 Å². The van der Waals surface area contributed by atoms with Gasteiger partial charge in [-0.1, -0.05) is 22.4 Å². The Labute approximate surface area is 95.5 Å². The van der Waals surface area contributed by atoms with Crippen LogP contribution in [0.2, 0.25) is 0 Å². The van der Waals surface area contributed by atoms with Gasteiger partial charge in [0.25, 0.3) is 0 Å². The van der Waals surface area contributed by atoms with Crippen LogP contribution in [0.1, 0.15) is 5.56 Å². The van der Waals surface area contributed by atoms with Gasteiger partial charge in [-0.25, -0.2) is 4.68 Å². The second-order valence-electron chi connectivity index (χ2n) is 3.15. The van der Waals surface area contributed by atoms with E-state index in [2.05, 4.69) is 15.5 Å². The summed E-state index contributed by atoms with van der Waals surface area (Å²) in [5.74, 6) is -0.854. The van der Waals surface area contributed by atoms with E-state index in [4.69, 9.17) is 17.3 Å². The zero-order chi connectivity index (χ0) is 11.5. The number of benzene rings is 1. The van der Waals surface area contributed by atoms with Crippen molar-refractivity contribution in [3.63, 3.8) is 0 Å². The summed E-state index contributed by atoms with van der Waals surface area (Å²) in [5, 5.41) is 18.4. The van der Waals surface area contributed by atoms with Gasteiger partial charge in [-0.05, 0) is 29.9 Å². The first kappa shape index (κ1) is 10.5. The number of nitrogens with zero attached hydrogens (tertiary/aromatic N) is 3. The number of carboxylic acids is 1. The first-order valence-electron chi connectivity index (χ1n) is 4.48. The number of nitrogens with one attached hydrogen (secondary N) is 1. The molecule has 0 aliphatic heterocycles. The molecule has 2 rings (SSSR count). The highest BCUT2D eigenvalue weighted by molar-refractivity contribution is 7.71. The van der Waals surface area contributed by atoms with Gasteiger partial charge in [-0.3, -0.25) is 4.79 Å². The summed E-state index contributed by atoms with van der Waals surface area (Å²) < 4.78 is 1.85. The molecule has 0 bridgehead atoms. The summed E-state index contributed by atoms with van der Waals surface area (Å²) in [5.41, 5.74) is 1.50. The van der Waals surface area contributed by atoms with E-state index < -0.39 is 5.97 Å². The Morgan fingerprint density at radius 1 is 1.44 bits per heavy atom. The zero-order valence-electron chi connectivity index (χ0n) is 8.12. The Hall–Kier alpha value is -2.02. The predicted molar refractivity (Wildman–Crippen MR) is 57.9 cm³/mol. The van der Waals surface area contributed by atoms with Crippen molar-refractivity contribution in [1.82, 2.24) is 20.2 Å². The molecule has 0 amide bonds. The van der Waals surface area contributed by atoms with Gasteiger partial charge in [0, 0.05) is 0 Å². The average molecular weight is 236 g/mol. The molecule has 7 heteroatoms. The molecule has 0 aliphatic rings. The summed E-state index contributed by atoms with van der Waals surface area (Å²) in [6.45, 7) is 0. The Kier molecular flexibility index (Phi) is 2.78. The minimum Gasteiger partial charge on any atom is -0.481 e. The van der Waals surface area contributed by atoms with Gasteiger partial charge in [0.2, 0.25) is 4.77 Å². The van der Waals surface area contributed by atoms with Gasteiger partial charge in [-0.2, -0.15) is 5.21 Å². The quantitative estimate of drug-likeness (QED) is 0.775. The second-order valence-corrected chi connectivity index (χ2v) is 3.52. The number of hydrogen-bond donors (Lipinski definition) is 2. The third kappa shape index (κ3) is 2.14. The summed E-state index contributed by atoms with van der Waals surface area (Å²) >= 11 is 4.93. The maximum Gasteiger partial charge on any atom is 0.307 e. The lowest BCUT2D eigenvalue weighted by Crippen LogP contribution is -2.01. The Morgan fingerprint density at radius 2 is 2.12 bits per heavy atom. The van der Waals surface area contributed by atoms with Crippen LogP contribution in [0.4, 0.5) is 0 Å². The number of carbonyl (C=O) groups is 1. The Balaban J connectivity index is 2.30. The molecule has 0 radical (unpaired) electrons. The van der Waals surface area contributed by atoms with Gasteiger partial charge < -0.3 is 5.11 Å². The van der Waals surface area contributed by atoms with E-state index in [0.717, 1.165) is 11.3 Å². The molecule has 16 heavy (non-hydrogen) atoms.